The van der Waals surface area contributed by atoms with Gasteiger partial charge in [0.25, 0.3) is 0 Å². The minimum atomic E-state index is 0.512. The number of rotatable bonds is 3. The Bertz CT molecular complexity index is 433. The van der Waals surface area contributed by atoms with E-state index in [0.29, 0.717) is 18.0 Å². The molecule has 0 aliphatic carbocycles. The van der Waals surface area contributed by atoms with Crippen molar-refractivity contribution in [1.82, 2.24) is 5.32 Å². The molecule has 3 unspecified atom stereocenters. The standard InChI is InChI=1S/C16H25ClN2/c1-5-11(2)15-10-19(13(4)9-18-15)16-8-14(17)7-6-12(16)3/h6-8,11,13,15,18H,5,9-10H2,1-4H3. The van der Waals surface area contributed by atoms with Crippen LogP contribution in [0.1, 0.15) is 32.8 Å². The summed E-state index contributed by atoms with van der Waals surface area (Å²) >= 11 is 6.17. The Morgan fingerprint density at radius 1 is 1.47 bits per heavy atom. The molecule has 0 amide bonds. The fraction of sp³-hybridized carbons (Fsp3) is 0.625. The topological polar surface area (TPSA) is 15.3 Å². The number of nitrogens with zero attached hydrogens (tertiary/aromatic N) is 1. The maximum Gasteiger partial charge on any atom is 0.0426 e. The minimum absolute atomic E-state index is 0.512. The van der Waals surface area contributed by atoms with Crippen molar-refractivity contribution in [2.45, 2.75) is 46.2 Å². The van der Waals surface area contributed by atoms with E-state index in [9.17, 15) is 0 Å². The van der Waals surface area contributed by atoms with Gasteiger partial charge in [0.2, 0.25) is 0 Å². The van der Waals surface area contributed by atoms with Gasteiger partial charge in [-0.05, 0) is 37.5 Å². The zero-order valence-electron chi connectivity index (χ0n) is 12.4. The van der Waals surface area contributed by atoms with Crippen molar-refractivity contribution in [3.63, 3.8) is 0 Å². The van der Waals surface area contributed by atoms with E-state index in [0.717, 1.165) is 18.1 Å². The van der Waals surface area contributed by atoms with Crippen LogP contribution in [0.3, 0.4) is 0 Å². The van der Waals surface area contributed by atoms with Crippen LogP contribution in [-0.2, 0) is 0 Å². The maximum absolute atomic E-state index is 6.17. The fourth-order valence-electron chi connectivity index (χ4n) is 2.78. The zero-order valence-corrected chi connectivity index (χ0v) is 13.2. The number of benzene rings is 1. The van der Waals surface area contributed by atoms with Crippen LogP contribution < -0.4 is 10.2 Å². The SMILES string of the molecule is CCC(C)C1CN(c2cc(Cl)ccc2C)C(C)CN1. The summed E-state index contributed by atoms with van der Waals surface area (Å²) in [7, 11) is 0. The first-order chi connectivity index (χ1) is 9.02. The smallest absolute Gasteiger partial charge is 0.0426 e. The molecule has 1 N–H and O–H groups in total. The van der Waals surface area contributed by atoms with Gasteiger partial charge in [-0.1, -0.05) is 37.9 Å². The number of piperazine rings is 1. The zero-order chi connectivity index (χ0) is 14.0. The normalized spacial score (nSPS) is 25.4. The Morgan fingerprint density at radius 3 is 2.89 bits per heavy atom. The number of hydrogen-bond donors (Lipinski definition) is 1. The molecule has 1 heterocycles. The molecule has 1 fully saturated rings. The van der Waals surface area contributed by atoms with Crippen molar-refractivity contribution >= 4 is 17.3 Å². The van der Waals surface area contributed by atoms with Crippen molar-refractivity contribution in [3.05, 3.63) is 28.8 Å². The highest BCUT2D eigenvalue weighted by molar-refractivity contribution is 6.30. The van der Waals surface area contributed by atoms with Gasteiger partial charge >= 0.3 is 0 Å². The van der Waals surface area contributed by atoms with Gasteiger partial charge in [0.15, 0.2) is 0 Å². The van der Waals surface area contributed by atoms with Crippen molar-refractivity contribution in [3.8, 4) is 0 Å². The summed E-state index contributed by atoms with van der Waals surface area (Å²) in [6.07, 6.45) is 1.22. The monoisotopic (exact) mass is 280 g/mol. The summed E-state index contributed by atoms with van der Waals surface area (Å²) < 4.78 is 0. The highest BCUT2D eigenvalue weighted by atomic mass is 35.5. The number of anilines is 1. The molecule has 106 valence electrons. The summed E-state index contributed by atoms with van der Waals surface area (Å²) in [5.74, 6) is 0.703. The summed E-state index contributed by atoms with van der Waals surface area (Å²) in [6.45, 7) is 11.1. The largest absolute Gasteiger partial charge is 0.366 e. The molecule has 0 saturated carbocycles. The fourth-order valence-corrected chi connectivity index (χ4v) is 2.95. The molecule has 3 atom stereocenters. The molecule has 0 spiro atoms. The Kier molecular flexibility index (Phi) is 4.75. The molecule has 2 nitrogen and oxygen atoms in total. The molecular weight excluding hydrogens is 256 g/mol. The van der Waals surface area contributed by atoms with Gasteiger partial charge in [-0.3, -0.25) is 0 Å². The number of nitrogens with one attached hydrogen (secondary N) is 1. The second-order valence-electron chi connectivity index (χ2n) is 5.83. The van der Waals surface area contributed by atoms with Crippen LogP contribution >= 0.6 is 11.6 Å². The lowest BCUT2D eigenvalue weighted by atomic mass is 9.95. The molecule has 1 aromatic rings. The van der Waals surface area contributed by atoms with E-state index < -0.39 is 0 Å². The van der Waals surface area contributed by atoms with E-state index in [-0.39, 0.29) is 0 Å². The van der Waals surface area contributed by atoms with Crippen molar-refractivity contribution in [2.24, 2.45) is 5.92 Å². The molecule has 2 rings (SSSR count). The summed E-state index contributed by atoms with van der Waals surface area (Å²) in [6, 6.07) is 7.27. The van der Waals surface area contributed by atoms with Crippen LogP contribution in [0.5, 0.6) is 0 Å². The van der Waals surface area contributed by atoms with Gasteiger partial charge in [-0.15, -0.1) is 0 Å². The Morgan fingerprint density at radius 2 is 2.21 bits per heavy atom. The van der Waals surface area contributed by atoms with Crippen LogP contribution in [0.25, 0.3) is 0 Å². The molecule has 19 heavy (non-hydrogen) atoms. The van der Waals surface area contributed by atoms with E-state index in [1.807, 2.05) is 6.07 Å². The summed E-state index contributed by atoms with van der Waals surface area (Å²) in [5, 5.41) is 4.50. The molecule has 0 aromatic heterocycles. The van der Waals surface area contributed by atoms with E-state index in [4.69, 9.17) is 11.6 Å². The molecule has 1 aliphatic heterocycles. The lowest BCUT2D eigenvalue weighted by Crippen LogP contribution is -2.57. The average Bonchev–Trinajstić information content (AvgIpc) is 2.41. The lowest BCUT2D eigenvalue weighted by Gasteiger charge is -2.43. The highest BCUT2D eigenvalue weighted by Gasteiger charge is 2.28. The molecule has 0 radical (unpaired) electrons. The van der Waals surface area contributed by atoms with E-state index in [2.05, 4.69) is 50.0 Å². The van der Waals surface area contributed by atoms with Gasteiger partial charge in [0.05, 0.1) is 0 Å². The molecule has 0 bridgehead atoms. The van der Waals surface area contributed by atoms with Gasteiger partial charge in [-0.25, -0.2) is 0 Å². The van der Waals surface area contributed by atoms with Crippen molar-refractivity contribution in [2.75, 3.05) is 18.0 Å². The van der Waals surface area contributed by atoms with Gasteiger partial charge in [0, 0.05) is 35.9 Å². The average molecular weight is 281 g/mol. The third kappa shape index (κ3) is 3.24. The number of aryl methyl sites for hydroxylation is 1. The third-order valence-electron chi connectivity index (χ3n) is 4.41. The Hall–Kier alpha value is -0.730. The Balaban J connectivity index is 2.23. The first kappa shape index (κ1) is 14.7. The molecule has 3 heteroatoms. The highest BCUT2D eigenvalue weighted by Crippen LogP contribution is 2.28. The van der Waals surface area contributed by atoms with Crippen LogP contribution in [0.15, 0.2) is 18.2 Å². The molecule has 1 aromatic carbocycles. The van der Waals surface area contributed by atoms with Gasteiger partial charge in [0.1, 0.15) is 0 Å². The van der Waals surface area contributed by atoms with Gasteiger partial charge < -0.3 is 10.2 Å². The first-order valence-corrected chi connectivity index (χ1v) is 7.67. The maximum atomic E-state index is 6.17. The van der Waals surface area contributed by atoms with Crippen LogP contribution in [0.4, 0.5) is 5.69 Å². The van der Waals surface area contributed by atoms with Crippen LogP contribution in [0.2, 0.25) is 5.02 Å². The van der Waals surface area contributed by atoms with E-state index in [1.165, 1.54) is 17.7 Å². The van der Waals surface area contributed by atoms with E-state index in [1.54, 1.807) is 0 Å². The quantitative estimate of drug-likeness (QED) is 0.904. The predicted octanol–water partition coefficient (Wildman–Crippen LogP) is 3.86. The van der Waals surface area contributed by atoms with Crippen molar-refractivity contribution < 1.29 is 0 Å². The second-order valence-corrected chi connectivity index (χ2v) is 6.27. The molecular formula is C16H25ClN2. The van der Waals surface area contributed by atoms with E-state index >= 15 is 0 Å². The van der Waals surface area contributed by atoms with Crippen molar-refractivity contribution in [1.29, 1.82) is 0 Å². The minimum Gasteiger partial charge on any atom is -0.366 e. The number of halogens is 1. The Labute approximate surface area is 122 Å². The van der Waals surface area contributed by atoms with Gasteiger partial charge in [-0.2, -0.15) is 0 Å². The predicted molar refractivity (Wildman–Crippen MR) is 84.2 cm³/mol. The number of hydrogen-bond acceptors (Lipinski definition) is 2. The molecule has 1 aliphatic rings. The van der Waals surface area contributed by atoms with Crippen LogP contribution in [0, 0.1) is 12.8 Å². The summed E-state index contributed by atoms with van der Waals surface area (Å²) in [5.41, 5.74) is 2.59. The third-order valence-corrected chi connectivity index (χ3v) is 4.65. The first-order valence-electron chi connectivity index (χ1n) is 7.29. The lowest BCUT2D eigenvalue weighted by molar-refractivity contribution is 0.315. The second kappa shape index (κ2) is 6.15. The molecule has 1 saturated heterocycles. The summed E-state index contributed by atoms with van der Waals surface area (Å²) in [4.78, 5) is 2.51. The van der Waals surface area contributed by atoms with Crippen LogP contribution in [-0.4, -0.2) is 25.2 Å².